The molecule has 1 amide bonds. The standard InChI is InChI=1S/C15H27NO/c17-15-10-7-12-16(15)13-11-14-8-5-3-1-2-4-6-9-14/h14H,1-13H2. The minimum absolute atomic E-state index is 0.396. The SMILES string of the molecule is O=C1CCCN1CCC1CCCCCCCC1. The fourth-order valence-corrected chi connectivity index (χ4v) is 3.29. The Morgan fingerprint density at radius 1 is 0.941 bits per heavy atom. The quantitative estimate of drug-likeness (QED) is 0.732. The third kappa shape index (κ3) is 4.33. The van der Waals surface area contributed by atoms with Crippen LogP contribution < -0.4 is 0 Å². The molecule has 1 saturated heterocycles. The Labute approximate surface area is 106 Å². The smallest absolute Gasteiger partial charge is 0.222 e. The van der Waals surface area contributed by atoms with Gasteiger partial charge in [-0.3, -0.25) is 4.79 Å². The molecule has 0 aromatic rings. The maximum atomic E-state index is 11.6. The molecule has 98 valence electrons. The summed E-state index contributed by atoms with van der Waals surface area (Å²) >= 11 is 0. The lowest BCUT2D eigenvalue weighted by Crippen LogP contribution is -2.27. The summed E-state index contributed by atoms with van der Waals surface area (Å²) in [7, 11) is 0. The first-order valence-electron chi connectivity index (χ1n) is 7.64. The first-order chi connectivity index (χ1) is 8.36. The minimum Gasteiger partial charge on any atom is -0.343 e. The Kier molecular flexibility index (Phi) is 5.34. The van der Waals surface area contributed by atoms with Crippen molar-refractivity contribution in [3.8, 4) is 0 Å². The monoisotopic (exact) mass is 237 g/mol. The topological polar surface area (TPSA) is 20.3 Å². The van der Waals surface area contributed by atoms with E-state index in [1.54, 1.807) is 0 Å². The van der Waals surface area contributed by atoms with Gasteiger partial charge in [-0.2, -0.15) is 0 Å². The van der Waals surface area contributed by atoms with E-state index in [1.807, 2.05) is 0 Å². The van der Waals surface area contributed by atoms with Crippen molar-refractivity contribution in [3.05, 3.63) is 0 Å². The summed E-state index contributed by atoms with van der Waals surface area (Å²) in [4.78, 5) is 13.6. The first kappa shape index (κ1) is 12.9. The molecular weight excluding hydrogens is 210 g/mol. The zero-order valence-electron chi connectivity index (χ0n) is 11.1. The number of nitrogens with zero attached hydrogens (tertiary/aromatic N) is 1. The molecule has 2 aliphatic rings. The summed E-state index contributed by atoms with van der Waals surface area (Å²) in [5, 5.41) is 0. The summed E-state index contributed by atoms with van der Waals surface area (Å²) in [6.07, 6.45) is 14.5. The van der Waals surface area contributed by atoms with Crippen LogP contribution in [0.4, 0.5) is 0 Å². The molecule has 1 heterocycles. The van der Waals surface area contributed by atoms with Crippen molar-refractivity contribution in [1.82, 2.24) is 4.90 Å². The Morgan fingerprint density at radius 2 is 1.59 bits per heavy atom. The van der Waals surface area contributed by atoms with Gasteiger partial charge < -0.3 is 4.90 Å². The summed E-state index contributed by atoms with van der Waals surface area (Å²) < 4.78 is 0. The zero-order valence-corrected chi connectivity index (χ0v) is 11.1. The van der Waals surface area contributed by atoms with Gasteiger partial charge in [0, 0.05) is 19.5 Å². The maximum Gasteiger partial charge on any atom is 0.222 e. The van der Waals surface area contributed by atoms with Crippen molar-refractivity contribution < 1.29 is 4.79 Å². The molecule has 0 aromatic heterocycles. The third-order valence-electron chi connectivity index (χ3n) is 4.45. The van der Waals surface area contributed by atoms with Gasteiger partial charge in [-0.05, 0) is 18.8 Å². The number of hydrogen-bond donors (Lipinski definition) is 0. The van der Waals surface area contributed by atoms with Crippen LogP contribution in [0, 0.1) is 5.92 Å². The van der Waals surface area contributed by atoms with Gasteiger partial charge in [0.25, 0.3) is 0 Å². The summed E-state index contributed by atoms with van der Waals surface area (Å²) in [6.45, 7) is 2.05. The molecule has 0 N–H and O–H groups in total. The van der Waals surface area contributed by atoms with Gasteiger partial charge in [0.05, 0.1) is 0 Å². The Bertz CT molecular complexity index is 229. The van der Waals surface area contributed by atoms with Crippen LogP contribution in [0.5, 0.6) is 0 Å². The van der Waals surface area contributed by atoms with Gasteiger partial charge in [-0.25, -0.2) is 0 Å². The zero-order chi connectivity index (χ0) is 11.9. The van der Waals surface area contributed by atoms with Crippen LogP contribution in [-0.2, 0) is 4.79 Å². The molecule has 0 aromatic carbocycles. The molecule has 1 aliphatic carbocycles. The number of likely N-dealkylation sites (tertiary alicyclic amines) is 1. The number of hydrogen-bond acceptors (Lipinski definition) is 1. The molecule has 0 atom stereocenters. The fraction of sp³-hybridized carbons (Fsp3) is 0.933. The van der Waals surface area contributed by atoms with Crippen LogP contribution in [0.3, 0.4) is 0 Å². The second kappa shape index (κ2) is 7.03. The van der Waals surface area contributed by atoms with E-state index in [0.29, 0.717) is 5.91 Å². The second-order valence-corrected chi connectivity index (χ2v) is 5.84. The minimum atomic E-state index is 0.396. The highest BCUT2D eigenvalue weighted by atomic mass is 16.2. The van der Waals surface area contributed by atoms with Gasteiger partial charge in [0.2, 0.25) is 5.91 Å². The average molecular weight is 237 g/mol. The molecule has 2 rings (SSSR count). The van der Waals surface area contributed by atoms with E-state index in [1.165, 1.54) is 57.8 Å². The van der Waals surface area contributed by atoms with E-state index in [4.69, 9.17) is 0 Å². The third-order valence-corrected chi connectivity index (χ3v) is 4.45. The van der Waals surface area contributed by atoms with Crippen LogP contribution >= 0.6 is 0 Å². The molecule has 1 saturated carbocycles. The van der Waals surface area contributed by atoms with E-state index in [0.717, 1.165) is 31.8 Å². The van der Waals surface area contributed by atoms with Crippen LogP contribution in [0.2, 0.25) is 0 Å². The summed E-state index contributed by atoms with van der Waals surface area (Å²) in [5.74, 6) is 1.29. The Hall–Kier alpha value is -0.530. The maximum absolute atomic E-state index is 11.6. The van der Waals surface area contributed by atoms with E-state index in [-0.39, 0.29) is 0 Å². The number of amides is 1. The van der Waals surface area contributed by atoms with Crippen molar-refractivity contribution in [2.24, 2.45) is 5.92 Å². The van der Waals surface area contributed by atoms with Gasteiger partial charge in [-0.1, -0.05) is 51.4 Å². The lowest BCUT2D eigenvalue weighted by atomic mass is 9.93. The van der Waals surface area contributed by atoms with Gasteiger partial charge in [-0.15, -0.1) is 0 Å². The molecule has 0 unspecified atom stereocenters. The largest absolute Gasteiger partial charge is 0.343 e. The molecule has 1 aliphatic heterocycles. The summed E-state index contributed by atoms with van der Waals surface area (Å²) in [5.41, 5.74) is 0. The van der Waals surface area contributed by atoms with E-state index < -0.39 is 0 Å². The van der Waals surface area contributed by atoms with Crippen molar-refractivity contribution in [2.75, 3.05) is 13.1 Å². The average Bonchev–Trinajstić information content (AvgIpc) is 2.78. The molecule has 2 fully saturated rings. The van der Waals surface area contributed by atoms with Gasteiger partial charge >= 0.3 is 0 Å². The van der Waals surface area contributed by atoms with Crippen LogP contribution in [0.25, 0.3) is 0 Å². The molecule has 17 heavy (non-hydrogen) atoms. The van der Waals surface area contributed by atoms with Crippen LogP contribution in [0.15, 0.2) is 0 Å². The lowest BCUT2D eigenvalue weighted by Gasteiger charge is -2.21. The predicted octanol–water partition coefficient (Wildman–Crippen LogP) is 3.75. The molecule has 2 heteroatoms. The normalized spacial score (nSPS) is 24.5. The van der Waals surface area contributed by atoms with E-state index in [2.05, 4.69) is 4.90 Å². The van der Waals surface area contributed by atoms with Crippen LogP contribution in [0.1, 0.15) is 70.6 Å². The second-order valence-electron chi connectivity index (χ2n) is 5.84. The number of carbonyl (C=O) groups excluding carboxylic acids is 1. The number of carbonyl (C=O) groups is 1. The highest BCUT2D eigenvalue weighted by Gasteiger charge is 2.21. The van der Waals surface area contributed by atoms with Crippen molar-refractivity contribution >= 4 is 5.91 Å². The predicted molar refractivity (Wildman–Crippen MR) is 70.9 cm³/mol. The summed E-state index contributed by atoms with van der Waals surface area (Å²) in [6, 6.07) is 0. The van der Waals surface area contributed by atoms with Crippen molar-refractivity contribution in [3.63, 3.8) is 0 Å². The number of rotatable bonds is 3. The Balaban J connectivity index is 1.70. The van der Waals surface area contributed by atoms with Crippen LogP contribution in [-0.4, -0.2) is 23.9 Å². The van der Waals surface area contributed by atoms with Gasteiger partial charge in [0.1, 0.15) is 0 Å². The van der Waals surface area contributed by atoms with Crippen molar-refractivity contribution in [1.29, 1.82) is 0 Å². The highest BCUT2D eigenvalue weighted by Crippen LogP contribution is 2.25. The molecule has 0 spiro atoms. The molecule has 0 radical (unpaired) electrons. The Morgan fingerprint density at radius 3 is 2.18 bits per heavy atom. The molecule has 0 bridgehead atoms. The van der Waals surface area contributed by atoms with E-state index >= 15 is 0 Å². The molecule has 2 nitrogen and oxygen atoms in total. The van der Waals surface area contributed by atoms with E-state index in [9.17, 15) is 4.79 Å². The highest BCUT2D eigenvalue weighted by molar-refractivity contribution is 5.77. The lowest BCUT2D eigenvalue weighted by molar-refractivity contribution is -0.127. The first-order valence-corrected chi connectivity index (χ1v) is 7.64. The fourth-order valence-electron chi connectivity index (χ4n) is 3.29. The van der Waals surface area contributed by atoms with Crippen molar-refractivity contribution in [2.45, 2.75) is 70.6 Å². The molecular formula is C15H27NO. The van der Waals surface area contributed by atoms with Gasteiger partial charge in [0.15, 0.2) is 0 Å².